The molecule has 2 aromatic carbocycles. The van der Waals surface area contributed by atoms with Crippen LogP contribution in [0.25, 0.3) is 0 Å². The average Bonchev–Trinajstić information content (AvgIpc) is 2.61. The molecule has 7 heteroatoms. The van der Waals surface area contributed by atoms with Crippen molar-refractivity contribution in [2.24, 2.45) is 5.10 Å². The van der Waals surface area contributed by atoms with Gasteiger partial charge in [0.25, 0.3) is 5.91 Å². The number of carbonyl (C=O) groups is 1. The van der Waals surface area contributed by atoms with Crippen LogP contribution in [0.4, 0.5) is 0 Å². The summed E-state index contributed by atoms with van der Waals surface area (Å²) in [5.41, 5.74) is 3.84. The van der Waals surface area contributed by atoms with E-state index in [1.807, 2.05) is 12.1 Å². The van der Waals surface area contributed by atoms with E-state index in [4.69, 9.17) is 32.7 Å². The number of benzene rings is 2. The fourth-order valence-electron chi connectivity index (χ4n) is 2.15. The lowest BCUT2D eigenvalue weighted by molar-refractivity contribution is -0.130. The first-order valence-corrected chi connectivity index (χ1v) is 7.98. The van der Waals surface area contributed by atoms with Crippen LogP contribution in [0.2, 0.25) is 10.0 Å². The summed E-state index contributed by atoms with van der Waals surface area (Å²) in [6.07, 6.45) is -0.759. The number of amides is 1. The number of halogens is 2. The molecule has 1 N–H and O–H groups in total. The third-order valence-electron chi connectivity index (χ3n) is 3.47. The van der Waals surface area contributed by atoms with Crippen molar-refractivity contribution >= 4 is 34.8 Å². The number of para-hydroxylation sites is 2. The van der Waals surface area contributed by atoms with Crippen LogP contribution in [-0.2, 0) is 4.79 Å². The molecule has 1 heterocycles. The van der Waals surface area contributed by atoms with Gasteiger partial charge in [-0.05, 0) is 36.8 Å². The van der Waals surface area contributed by atoms with Gasteiger partial charge in [0.2, 0.25) is 6.10 Å². The predicted molar refractivity (Wildman–Crippen MR) is 93.2 cm³/mol. The zero-order chi connectivity index (χ0) is 17.1. The summed E-state index contributed by atoms with van der Waals surface area (Å²) in [6.45, 7) is 1.89. The van der Waals surface area contributed by atoms with E-state index in [2.05, 4.69) is 10.5 Å². The Morgan fingerprint density at radius 3 is 2.67 bits per heavy atom. The van der Waals surface area contributed by atoms with Gasteiger partial charge in [0.15, 0.2) is 11.5 Å². The van der Waals surface area contributed by atoms with Gasteiger partial charge >= 0.3 is 0 Å². The minimum absolute atomic E-state index is 0.129. The first-order chi connectivity index (χ1) is 11.5. The molecule has 124 valence electrons. The fraction of sp³-hybridized carbons (Fsp3) is 0.176. The summed E-state index contributed by atoms with van der Waals surface area (Å²) < 4.78 is 11.1. The lowest BCUT2D eigenvalue weighted by Crippen LogP contribution is -2.42. The van der Waals surface area contributed by atoms with Crippen molar-refractivity contribution in [3.8, 4) is 11.5 Å². The van der Waals surface area contributed by atoms with Crippen molar-refractivity contribution in [1.29, 1.82) is 0 Å². The predicted octanol–water partition coefficient (Wildman–Crippen LogP) is 3.67. The largest absolute Gasteiger partial charge is 0.485 e. The Morgan fingerprint density at radius 1 is 1.17 bits per heavy atom. The van der Waals surface area contributed by atoms with Gasteiger partial charge in [-0.15, -0.1) is 0 Å². The number of nitrogens with zero attached hydrogens (tertiary/aromatic N) is 1. The van der Waals surface area contributed by atoms with E-state index in [-0.39, 0.29) is 12.5 Å². The van der Waals surface area contributed by atoms with Gasteiger partial charge < -0.3 is 9.47 Å². The number of hydrazone groups is 1. The van der Waals surface area contributed by atoms with Gasteiger partial charge in [0.05, 0.1) is 15.8 Å². The van der Waals surface area contributed by atoms with E-state index < -0.39 is 6.10 Å². The van der Waals surface area contributed by atoms with Gasteiger partial charge in [-0.2, -0.15) is 5.10 Å². The Hall–Kier alpha value is -2.24. The van der Waals surface area contributed by atoms with Crippen LogP contribution < -0.4 is 14.9 Å². The Kier molecular flexibility index (Phi) is 4.92. The fourth-order valence-corrected chi connectivity index (χ4v) is 2.44. The number of carbonyl (C=O) groups excluding carboxylic acids is 1. The molecule has 0 saturated carbocycles. The number of nitrogens with one attached hydrogen (secondary N) is 1. The first kappa shape index (κ1) is 16.6. The Morgan fingerprint density at radius 2 is 1.92 bits per heavy atom. The first-order valence-electron chi connectivity index (χ1n) is 7.22. The van der Waals surface area contributed by atoms with Gasteiger partial charge in [0.1, 0.15) is 6.61 Å². The summed E-state index contributed by atoms with van der Waals surface area (Å²) in [7, 11) is 0. The molecule has 1 atom stereocenters. The highest BCUT2D eigenvalue weighted by Gasteiger charge is 2.27. The van der Waals surface area contributed by atoms with Crippen molar-refractivity contribution in [2.75, 3.05) is 6.61 Å². The molecule has 0 saturated heterocycles. The highest BCUT2D eigenvalue weighted by atomic mass is 35.5. The molecule has 5 nitrogen and oxygen atoms in total. The summed E-state index contributed by atoms with van der Waals surface area (Å²) in [4.78, 5) is 12.2. The van der Waals surface area contributed by atoms with Crippen LogP contribution in [0.1, 0.15) is 12.5 Å². The van der Waals surface area contributed by atoms with Crippen LogP contribution in [0, 0.1) is 0 Å². The molecule has 24 heavy (non-hydrogen) atoms. The molecule has 0 radical (unpaired) electrons. The van der Waals surface area contributed by atoms with Crippen LogP contribution in [-0.4, -0.2) is 24.3 Å². The van der Waals surface area contributed by atoms with Gasteiger partial charge in [-0.3, -0.25) is 4.79 Å². The maximum Gasteiger partial charge on any atom is 0.284 e. The van der Waals surface area contributed by atoms with Crippen LogP contribution in [0.3, 0.4) is 0 Å². The standard InChI is InChI=1S/C17H14Cl2N2O3/c1-10(11-6-7-12(18)13(19)8-11)20-21-17(22)16-9-23-14-4-2-3-5-15(14)24-16/h2-8,16H,9H2,1H3,(H,21,22)/b20-10+. The molecule has 0 aromatic heterocycles. The third-order valence-corrected chi connectivity index (χ3v) is 4.21. The second-order valence-electron chi connectivity index (χ2n) is 5.17. The molecule has 2 aromatic rings. The van der Waals surface area contributed by atoms with E-state index in [1.54, 1.807) is 37.3 Å². The molecule has 1 unspecified atom stereocenters. The second kappa shape index (κ2) is 7.11. The highest BCUT2D eigenvalue weighted by molar-refractivity contribution is 6.42. The minimum atomic E-state index is -0.759. The second-order valence-corrected chi connectivity index (χ2v) is 5.98. The van der Waals surface area contributed by atoms with E-state index in [0.717, 1.165) is 5.56 Å². The Bertz CT molecular complexity index is 808. The molecular weight excluding hydrogens is 351 g/mol. The average molecular weight is 365 g/mol. The zero-order valence-electron chi connectivity index (χ0n) is 12.8. The highest BCUT2D eigenvalue weighted by Crippen LogP contribution is 2.30. The normalized spacial score (nSPS) is 16.6. The number of rotatable bonds is 3. The van der Waals surface area contributed by atoms with E-state index in [9.17, 15) is 4.79 Å². The molecule has 0 spiro atoms. The maximum absolute atomic E-state index is 12.2. The van der Waals surface area contributed by atoms with Gasteiger partial charge in [-0.1, -0.05) is 41.4 Å². The van der Waals surface area contributed by atoms with Gasteiger partial charge in [-0.25, -0.2) is 5.43 Å². The minimum Gasteiger partial charge on any atom is -0.485 e. The van der Waals surface area contributed by atoms with Gasteiger partial charge in [0, 0.05) is 0 Å². The molecule has 1 aliphatic heterocycles. The molecule has 0 fully saturated rings. The van der Waals surface area contributed by atoms with Crippen molar-refractivity contribution in [3.63, 3.8) is 0 Å². The monoisotopic (exact) mass is 364 g/mol. The lowest BCUT2D eigenvalue weighted by atomic mass is 10.1. The zero-order valence-corrected chi connectivity index (χ0v) is 14.3. The topological polar surface area (TPSA) is 59.9 Å². The number of ether oxygens (including phenoxy) is 2. The van der Waals surface area contributed by atoms with E-state index >= 15 is 0 Å². The molecule has 0 aliphatic carbocycles. The molecule has 1 amide bonds. The lowest BCUT2D eigenvalue weighted by Gasteiger charge is -2.24. The summed E-state index contributed by atoms with van der Waals surface area (Å²) >= 11 is 11.9. The third kappa shape index (κ3) is 3.63. The van der Waals surface area contributed by atoms with E-state index in [1.165, 1.54) is 0 Å². The van der Waals surface area contributed by atoms with Crippen molar-refractivity contribution < 1.29 is 14.3 Å². The van der Waals surface area contributed by atoms with E-state index in [0.29, 0.717) is 27.3 Å². The van der Waals surface area contributed by atoms with Crippen molar-refractivity contribution in [1.82, 2.24) is 5.43 Å². The Labute approximate surface area is 149 Å². The Balaban J connectivity index is 1.66. The molecule has 3 rings (SSSR count). The van der Waals surface area contributed by atoms with Crippen molar-refractivity contribution in [2.45, 2.75) is 13.0 Å². The number of fused-ring (bicyclic) bond motifs is 1. The summed E-state index contributed by atoms with van der Waals surface area (Å²) in [6, 6.07) is 12.3. The van der Waals surface area contributed by atoms with Crippen LogP contribution in [0.15, 0.2) is 47.6 Å². The quantitative estimate of drug-likeness (QED) is 0.667. The summed E-state index contributed by atoms with van der Waals surface area (Å²) in [5, 5.41) is 4.96. The van der Waals surface area contributed by atoms with Crippen LogP contribution in [0.5, 0.6) is 11.5 Å². The van der Waals surface area contributed by atoms with Crippen molar-refractivity contribution in [3.05, 3.63) is 58.1 Å². The number of hydrogen-bond donors (Lipinski definition) is 1. The molecular formula is C17H14Cl2N2O3. The SMILES string of the molecule is C/C(=N\NC(=O)C1COc2ccccc2O1)c1ccc(Cl)c(Cl)c1. The number of hydrogen-bond acceptors (Lipinski definition) is 4. The molecule has 1 aliphatic rings. The molecule has 0 bridgehead atoms. The maximum atomic E-state index is 12.2. The van der Waals surface area contributed by atoms with Crippen LogP contribution >= 0.6 is 23.2 Å². The smallest absolute Gasteiger partial charge is 0.284 e. The summed E-state index contributed by atoms with van der Waals surface area (Å²) in [5.74, 6) is 0.773.